The molecule has 5 rings (SSSR count). The van der Waals surface area contributed by atoms with Crippen LogP contribution in [0, 0.1) is 23.3 Å². The van der Waals surface area contributed by atoms with E-state index in [1.807, 2.05) is 0 Å². The monoisotopic (exact) mass is 546 g/mol. The molecule has 0 saturated carbocycles. The Kier molecular flexibility index (Phi) is 5.66. The van der Waals surface area contributed by atoms with Crippen molar-refractivity contribution in [2.45, 2.75) is 12.4 Å². The van der Waals surface area contributed by atoms with Crippen molar-refractivity contribution >= 4 is 32.9 Å². The van der Waals surface area contributed by atoms with Crippen molar-refractivity contribution < 1.29 is 43.9 Å². The molecular formula is C24H8F10N2S. The average Bonchev–Trinajstić information content (AvgIpc) is 3.28. The van der Waals surface area contributed by atoms with Crippen LogP contribution in [0.15, 0.2) is 47.8 Å². The van der Waals surface area contributed by atoms with E-state index >= 15 is 8.78 Å². The molecule has 2 heterocycles. The van der Waals surface area contributed by atoms with Crippen LogP contribution in [0.3, 0.4) is 0 Å². The fraction of sp³-hybridized carbons (Fsp3) is 0.0833. The van der Waals surface area contributed by atoms with Crippen molar-refractivity contribution in [2.24, 2.45) is 0 Å². The van der Waals surface area contributed by atoms with Gasteiger partial charge in [0.05, 0.1) is 26.8 Å². The minimum atomic E-state index is -5.42. The van der Waals surface area contributed by atoms with Gasteiger partial charge in [0.15, 0.2) is 23.3 Å². The Balaban J connectivity index is 1.92. The molecule has 2 nitrogen and oxygen atoms in total. The maximum atomic E-state index is 15.1. The lowest BCUT2D eigenvalue weighted by atomic mass is 9.95. The van der Waals surface area contributed by atoms with E-state index < -0.39 is 74.5 Å². The molecule has 190 valence electrons. The Bertz CT molecular complexity index is 1700. The lowest BCUT2D eigenvalue weighted by Gasteiger charge is -2.17. The van der Waals surface area contributed by atoms with Crippen LogP contribution < -0.4 is 0 Å². The predicted molar refractivity (Wildman–Crippen MR) is 116 cm³/mol. The Morgan fingerprint density at radius 2 is 1.24 bits per heavy atom. The Morgan fingerprint density at radius 1 is 0.649 bits per heavy atom. The third-order valence-electron chi connectivity index (χ3n) is 5.62. The second kappa shape index (κ2) is 8.40. The zero-order valence-electron chi connectivity index (χ0n) is 17.7. The van der Waals surface area contributed by atoms with Gasteiger partial charge in [-0.1, -0.05) is 30.3 Å². The van der Waals surface area contributed by atoms with Gasteiger partial charge >= 0.3 is 12.4 Å². The zero-order valence-corrected chi connectivity index (χ0v) is 18.5. The van der Waals surface area contributed by atoms with Gasteiger partial charge in [0.25, 0.3) is 0 Å². The topological polar surface area (TPSA) is 25.8 Å². The van der Waals surface area contributed by atoms with Gasteiger partial charge in [-0.2, -0.15) is 26.3 Å². The maximum Gasteiger partial charge on any atom is 0.417 e. The molecule has 0 aliphatic carbocycles. The molecule has 0 unspecified atom stereocenters. The summed E-state index contributed by atoms with van der Waals surface area (Å²) in [6.07, 6.45) is -10.6. The van der Waals surface area contributed by atoms with Crippen molar-refractivity contribution in [1.29, 1.82) is 0 Å². The predicted octanol–water partition coefficient (Wildman–Crippen LogP) is 8.77. The highest BCUT2D eigenvalue weighted by Crippen LogP contribution is 2.45. The summed E-state index contributed by atoms with van der Waals surface area (Å²) in [6, 6.07) is 6.86. The second-order valence-electron chi connectivity index (χ2n) is 7.81. The molecule has 37 heavy (non-hydrogen) atoms. The van der Waals surface area contributed by atoms with Crippen molar-refractivity contribution in [2.75, 3.05) is 0 Å². The summed E-state index contributed by atoms with van der Waals surface area (Å²) in [4.78, 5) is 0.132. The summed E-state index contributed by atoms with van der Waals surface area (Å²) >= 11 is 0.956. The summed E-state index contributed by atoms with van der Waals surface area (Å²) in [5.41, 5.74) is -6.32. The minimum Gasteiger partial charge on any atom is -0.203 e. The molecule has 0 aliphatic heterocycles. The molecule has 0 atom stereocenters. The minimum absolute atomic E-state index is 0.132. The van der Waals surface area contributed by atoms with Crippen LogP contribution in [0.1, 0.15) is 11.1 Å². The maximum absolute atomic E-state index is 15.1. The van der Waals surface area contributed by atoms with Gasteiger partial charge in [-0.05, 0) is 22.9 Å². The van der Waals surface area contributed by atoms with Gasteiger partial charge in [0.1, 0.15) is 11.4 Å². The third kappa shape index (κ3) is 3.97. The first kappa shape index (κ1) is 24.9. The number of fused-ring (bicyclic) bond motifs is 2. The zero-order chi connectivity index (χ0) is 26.9. The van der Waals surface area contributed by atoms with Gasteiger partial charge < -0.3 is 0 Å². The smallest absolute Gasteiger partial charge is 0.203 e. The van der Waals surface area contributed by atoms with E-state index in [0.29, 0.717) is 16.8 Å². The highest BCUT2D eigenvalue weighted by molar-refractivity contribution is 7.15. The number of hydrogen-bond acceptors (Lipinski definition) is 3. The summed E-state index contributed by atoms with van der Waals surface area (Å²) in [5.74, 6) is -8.59. The normalized spacial score (nSPS) is 12.6. The molecule has 0 bridgehead atoms. The Labute approximate surface area is 203 Å². The Morgan fingerprint density at radius 3 is 1.86 bits per heavy atom. The van der Waals surface area contributed by atoms with Crippen LogP contribution in [-0.4, -0.2) is 10.2 Å². The van der Waals surface area contributed by atoms with E-state index in [2.05, 4.69) is 10.2 Å². The van der Waals surface area contributed by atoms with E-state index in [9.17, 15) is 35.1 Å². The van der Waals surface area contributed by atoms with E-state index in [1.54, 1.807) is 29.6 Å². The van der Waals surface area contributed by atoms with Crippen LogP contribution in [0.2, 0.25) is 0 Å². The number of halogens is 10. The molecule has 0 amide bonds. The molecule has 2 aromatic heterocycles. The third-order valence-corrected chi connectivity index (χ3v) is 6.64. The van der Waals surface area contributed by atoms with Gasteiger partial charge in [-0.15, -0.1) is 21.5 Å². The summed E-state index contributed by atoms with van der Waals surface area (Å²) in [7, 11) is 0. The number of alkyl halides is 6. The highest BCUT2D eigenvalue weighted by Gasteiger charge is 2.40. The van der Waals surface area contributed by atoms with Gasteiger partial charge in [-0.3, -0.25) is 0 Å². The van der Waals surface area contributed by atoms with Crippen molar-refractivity contribution in [3.63, 3.8) is 0 Å². The first-order chi connectivity index (χ1) is 17.3. The number of aromatic nitrogens is 2. The van der Waals surface area contributed by atoms with Crippen LogP contribution >= 0.6 is 11.3 Å². The second-order valence-corrected chi connectivity index (χ2v) is 8.69. The SMILES string of the molecule is Fc1c(F)c(F)c2c(-c3scc4ccccc34)nnc(-c3ccc(C(F)(F)F)cc3C(F)(F)F)c2c1F. The largest absolute Gasteiger partial charge is 0.417 e. The van der Waals surface area contributed by atoms with Gasteiger partial charge in [0.2, 0.25) is 0 Å². The van der Waals surface area contributed by atoms with Gasteiger partial charge in [0, 0.05) is 10.9 Å². The standard InChI is InChI=1S/C24H8F10N2S/c25-16-14-15(17(26)19(28)18(16)27)21(22-11-4-2-1-3-9(11)8-37-22)36-35-20(14)12-6-5-10(23(29,30)31)7-13(12)24(32,33)34/h1-8H. The van der Waals surface area contributed by atoms with Crippen LogP contribution in [-0.2, 0) is 12.4 Å². The summed E-state index contributed by atoms with van der Waals surface area (Å²) in [5, 5.41) is 7.71. The molecule has 0 fully saturated rings. The fourth-order valence-corrected chi connectivity index (χ4v) is 4.98. The molecule has 0 N–H and O–H groups in total. The summed E-state index contributed by atoms with van der Waals surface area (Å²) < 4.78 is 139. The number of thiophene rings is 1. The molecule has 13 heteroatoms. The van der Waals surface area contributed by atoms with Crippen LogP contribution in [0.5, 0.6) is 0 Å². The number of benzene rings is 3. The van der Waals surface area contributed by atoms with E-state index in [-0.39, 0.29) is 17.0 Å². The number of nitrogens with zero attached hydrogens (tertiary/aromatic N) is 2. The van der Waals surface area contributed by atoms with Crippen molar-refractivity contribution in [3.05, 3.63) is 82.2 Å². The van der Waals surface area contributed by atoms with E-state index in [4.69, 9.17) is 0 Å². The van der Waals surface area contributed by atoms with Crippen LogP contribution in [0.4, 0.5) is 43.9 Å². The molecule has 0 saturated heterocycles. The van der Waals surface area contributed by atoms with E-state index in [0.717, 1.165) is 11.3 Å². The highest BCUT2D eigenvalue weighted by atomic mass is 32.1. The van der Waals surface area contributed by atoms with Crippen LogP contribution in [0.25, 0.3) is 43.4 Å². The van der Waals surface area contributed by atoms with E-state index in [1.165, 1.54) is 0 Å². The molecule has 5 aromatic rings. The van der Waals surface area contributed by atoms with Gasteiger partial charge in [-0.25, -0.2) is 17.6 Å². The molecule has 0 aliphatic rings. The van der Waals surface area contributed by atoms with Crippen molar-refractivity contribution in [1.82, 2.24) is 10.2 Å². The molecule has 0 spiro atoms. The fourth-order valence-electron chi connectivity index (χ4n) is 3.96. The Hall–Kier alpha value is -3.74. The first-order valence-corrected chi connectivity index (χ1v) is 11.0. The molecule has 3 aromatic carbocycles. The van der Waals surface area contributed by atoms with Crippen molar-refractivity contribution in [3.8, 4) is 21.8 Å². The lowest BCUT2D eigenvalue weighted by Crippen LogP contribution is -2.13. The molecular weight excluding hydrogens is 538 g/mol. The number of hydrogen-bond donors (Lipinski definition) is 0. The number of rotatable bonds is 2. The quantitative estimate of drug-likeness (QED) is 0.126. The lowest BCUT2D eigenvalue weighted by molar-refractivity contribution is -0.142. The first-order valence-electron chi connectivity index (χ1n) is 10.1. The average molecular weight is 546 g/mol. The summed E-state index contributed by atoms with van der Waals surface area (Å²) in [6.45, 7) is 0. The molecule has 0 radical (unpaired) electrons.